The van der Waals surface area contributed by atoms with Crippen molar-refractivity contribution in [2.75, 3.05) is 0 Å². The number of aromatic nitrogens is 2. The zero-order valence-electron chi connectivity index (χ0n) is 11.5. The summed E-state index contributed by atoms with van der Waals surface area (Å²) < 4.78 is 0.899. The summed E-state index contributed by atoms with van der Waals surface area (Å²) in [7, 11) is 0. The van der Waals surface area contributed by atoms with Crippen molar-refractivity contribution in [2.45, 2.75) is 13.5 Å². The number of H-pyrrole nitrogens is 1. The van der Waals surface area contributed by atoms with E-state index in [9.17, 15) is 4.79 Å². The summed E-state index contributed by atoms with van der Waals surface area (Å²) >= 11 is 3.40. The second-order valence-corrected chi connectivity index (χ2v) is 5.82. The number of aromatic amines is 1. The molecule has 1 aromatic heterocycles. The van der Waals surface area contributed by atoms with E-state index in [0.717, 1.165) is 26.9 Å². The molecule has 5 heteroatoms. The van der Waals surface area contributed by atoms with Crippen molar-refractivity contribution in [3.63, 3.8) is 0 Å². The molecule has 2 aromatic carbocycles. The van der Waals surface area contributed by atoms with Crippen LogP contribution in [0, 0.1) is 6.92 Å². The minimum Gasteiger partial charge on any atom is -0.345 e. The van der Waals surface area contributed by atoms with Crippen LogP contribution in [0.1, 0.15) is 21.7 Å². The number of nitrogens with zero attached hydrogens (tertiary/aromatic N) is 1. The van der Waals surface area contributed by atoms with Crippen molar-refractivity contribution >= 4 is 32.9 Å². The molecule has 0 spiro atoms. The molecule has 0 aliphatic heterocycles. The van der Waals surface area contributed by atoms with E-state index < -0.39 is 0 Å². The fraction of sp³-hybridized carbons (Fsp3) is 0.125. The molecule has 2 N–H and O–H groups in total. The van der Waals surface area contributed by atoms with E-state index in [2.05, 4.69) is 31.2 Å². The van der Waals surface area contributed by atoms with Gasteiger partial charge in [0.2, 0.25) is 0 Å². The third kappa shape index (κ3) is 3.13. The van der Waals surface area contributed by atoms with Crippen molar-refractivity contribution in [1.82, 2.24) is 15.3 Å². The second-order valence-electron chi connectivity index (χ2n) is 4.90. The van der Waals surface area contributed by atoms with E-state index in [1.165, 1.54) is 0 Å². The van der Waals surface area contributed by atoms with Gasteiger partial charge < -0.3 is 10.3 Å². The molecular weight excluding hydrogens is 330 g/mol. The number of carbonyl (C=O) groups is 1. The van der Waals surface area contributed by atoms with Gasteiger partial charge in [-0.15, -0.1) is 0 Å². The molecule has 3 aromatic rings. The van der Waals surface area contributed by atoms with Crippen LogP contribution < -0.4 is 5.32 Å². The van der Waals surface area contributed by atoms with Crippen LogP contribution in [0.5, 0.6) is 0 Å². The Morgan fingerprint density at radius 1 is 1.29 bits per heavy atom. The Hall–Kier alpha value is -2.14. The maximum atomic E-state index is 12.2. The number of nitrogens with one attached hydrogen (secondary N) is 2. The number of carbonyl (C=O) groups excluding carboxylic acids is 1. The average molecular weight is 344 g/mol. The van der Waals surface area contributed by atoms with E-state index >= 15 is 0 Å². The van der Waals surface area contributed by atoms with E-state index in [1.54, 1.807) is 6.07 Å². The van der Waals surface area contributed by atoms with Gasteiger partial charge in [0.15, 0.2) is 0 Å². The first-order valence-electron chi connectivity index (χ1n) is 6.61. The molecule has 0 unspecified atom stereocenters. The van der Waals surface area contributed by atoms with Crippen LogP contribution in [0.3, 0.4) is 0 Å². The highest BCUT2D eigenvalue weighted by molar-refractivity contribution is 9.10. The summed E-state index contributed by atoms with van der Waals surface area (Å²) in [5, 5.41) is 2.88. The molecule has 106 valence electrons. The van der Waals surface area contributed by atoms with Gasteiger partial charge in [-0.3, -0.25) is 4.79 Å². The van der Waals surface area contributed by atoms with Gasteiger partial charge in [0.05, 0.1) is 17.6 Å². The number of imidazole rings is 1. The standard InChI is InChI=1S/C16H14BrN3O/c1-10-6-11(8-12(17)7-10)16(21)18-9-15-19-13-4-2-3-5-14(13)20-15/h2-8H,9H2,1H3,(H,18,21)(H,19,20). The van der Waals surface area contributed by atoms with Crippen molar-refractivity contribution in [1.29, 1.82) is 0 Å². The molecule has 0 saturated heterocycles. The number of hydrogen-bond acceptors (Lipinski definition) is 2. The fourth-order valence-corrected chi connectivity index (χ4v) is 2.83. The van der Waals surface area contributed by atoms with Gasteiger partial charge in [-0.25, -0.2) is 4.98 Å². The summed E-state index contributed by atoms with van der Waals surface area (Å²) in [6.45, 7) is 2.33. The molecule has 0 atom stereocenters. The molecule has 1 amide bonds. The van der Waals surface area contributed by atoms with E-state index in [-0.39, 0.29) is 5.91 Å². The van der Waals surface area contributed by atoms with E-state index in [1.807, 2.05) is 43.3 Å². The molecular formula is C16H14BrN3O. The lowest BCUT2D eigenvalue weighted by Crippen LogP contribution is -2.23. The Bertz CT molecular complexity index is 757. The summed E-state index contributed by atoms with van der Waals surface area (Å²) in [5.74, 6) is 0.635. The highest BCUT2D eigenvalue weighted by Crippen LogP contribution is 2.15. The van der Waals surface area contributed by atoms with Crippen LogP contribution in [0.4, 0.5) is 0 Å². The van der Waals surface area contributed by atoms with Gasteiger partial charge in [0.1, 0.15) is 5.82 Å². The van der Waals surface area contributed by atoms with Crippen LogP contribution in [0.2, 0.25) is 0 Å². The predicted molar refractivity (Wildman–Crippen MR) is 86.1 cm³/mol. The molecule has 0 saturated carbocycles. The Morgan fingerprint density at radius 2 is 2.10 bits per heavy atom. The molecule has 0 radical (unpaired) electrons. The number of halogens is 1. The Morgan fingerprint density at radius 3 is 2.86 bits per heavy atom. The molecule has 0 aliphatic rings. The van der Waals surface area contributed by atoms with Crippen LogP contribution in [-0.4, -0.2) is 15.9 Å². The zero-order chi connectivity index (χ0) is 14.8. The highest BCUT2D eigenvalue weighted by atomic mass is 79.9. The molecule has 0 fully saturated rings. The fourth-order valence-electron chi connectivity index (χ4n) is 2.22. The van der Waals surface area contributed by atoms with Gasteiger partial charge in [-0.2, -0.15) is 0 Å². The molecule has 4 nitrogen and oxygen atoms in total. The first-order valence-corrected chi connectivity index (χ1v) is 7.40. The minimum absolute atomic E-state index is 0.111. The number of hydrogen-bond donors (Lipinski definition) is 2. The molecule has 3 rings (SSSR count). The maximum Gasteiger partial charge on any atom is 0.251 e. The van der Waals surface area contributed by atoms with Crippen molar-refractivity contribution in [3.05, 3.63) is 63.9 Å². The van der Waals surface area contributed by atoms with Crippen molar-refractivity contribution in [2.24, 2.45) is 0 Å². The third-order valence-electron chi connectivity index (χ3n) is 3.16. The first-order chi connectivity index (χ1) is 10.1. The minimum atomic E-state index is -0.111. The molecule has 21 heavy (non-hydrogen) atoms. The average Bonchev–Trinajstić information content (AvgIpc) is 2.86. The van der Waals surface area contributed by atoms with E-state index in [0.29, 0.717) is 12.1 Å². The van der Waals surface area contributed by atoms with Crippen molar-refractivity contribution in [3.8, 4) is 0 Å². The summed E-state index contributed by atoms with van der Waals surface area (Å²) in [4.78, 5) is 19.8. The summed E-state index contributed by atoms with van der Waals surface area (Å²) in [6, 6.07) is 13.4. The number of fused-ring (bicyclic) bond motifs is 1. The normalized spacial score (nSPS) is 10.8. The lowest BCUT2D eigenvalue weighted by Gasteiger charge is -2.05. The molecule has 0 bridgehead atoms. The maximum absolute atomic E-state index is 12.2. The van der Waals surface area contributed by atoms with Crippen LogP contribution in [0.25, 0.3) is 11.0 Å². The lowest BCUT2D eigenvalue weighted by molar-refractivity contribution is 0.0950. The number of rotatable bonds is 3. The number of para-hydroxylation sites is 2. The van der Waals surface area contributed by atoms with Gasteiger partial charge in [-0.05, 0) is 42.8 Å². The van der Waals surface area contributed by atoms with Crippen LogP contribution >= 0.6 is 15.9 Å². The Kier molecular flexibility index (Phi) is 3.75. The van der Waals surface area contributed by atoms with Gasteiger partial charge in [0.25, 0.3) is 5.91 Å². The number of amides is 1. The summed E-state index contributed by atoms with van der Waals surface area (Å²) in [6.07, 6.45) is 0. The number of benzene rings is 2. The third-order valence-corrected chi connectivity index (χ3v) is 3.62. The Balaban J connectivity index is 1.73. The predicted octanol–water partition coefficient (Wildman–Crippen LogP) is 3.56. The van der Waals surface area contributed by atoms with Gasteiger partial charge in [0, 0.05) is 10.0 Å². The number of aryl methyl sites for hydroxylation is 1. The van der Waals surface area contributed by atoms with Crippen LogP contribution in [-0.2, 0) is 6.54 Å². The smallest absolute Gasteiger partial charge is 0.251 e. The Labute approximate surface area is 130 Å². The second kappa shape index (κ2) is 5.69. The lowest BCUT2D eigenvalue weighted by atomic mass is 10.1. The quantitative estimate of drug-likeness (QED) is 0.763. The first kappa shape index (κ1) is 13.8. The summed E-state index contributed by atoms with van der Waals surface area (Å²) in [5.41, 5.74) is 3.55. The van der Waals surface area contributed by atoms with E-state index in [4.69, 9.17) is 0 Å². The topological polar surface area (TPSA) is 57.8 Å². The van der Waals surface area contributed by atoms with Gasteiger partial charge >= 0.3 is 0 Å². The monoisotopic (exact) mass is 343 g/mol. The molecule has 0 aliphatic carbocycles. The highest BCUT2D eigenvalue weighted by Gasteiger charge is 2.08. The van der Waals surface area contributed by atoms with Crippen molar-refractivity contribution < 1.29 is 4.79 Å². The van der Waals surface area contributed by atoms with Gasteiger partial charge in [-0.1, -0.05) is 28.1 Å². The molecule has 1 heterocycles. The van der Waals surface area contributed by atoms with Crippen LogP contribution in [0.15, 0.2) is 46.9 Å². The zero-order valence-corrected chi connectivity index (χ0v) is 13.1. The largest absolute Gasteiger partial charge is 0.345 e. The SMILES string of the molecule is Cc1cc(Br)cc(C(=O)NCc2nc3ccccc3[nH]2)c1.